The van der Waals surface area contributed by atoms with E-state index in [4.69, 9.17) is 16.3 Å². The highest BCUT2D eigenvalue weighted by molar-refractivity contribution is 6.30. The number of aliphatic imine (C=N–C) groups is 1. The molecule has 0 saturated carbocycles. The molecule has 0 spiro atoms. The number of H-pyrrole nitrogens is 1. The van der Waals surface area contributed by atoms with Gasteiger partial charge in [0.2, 0.25) is 0 Å². The Morgan fingerprint density at radius 2 is 2.21 bits per heavy atom. The van der Waals surface area contributed by atoms with Crippen LogP contribution in [0.3, 0.4) is 0 Å². The maximum Gasteiger partial charge on any atom is 0.198 e. The molecular formula is C11H11Cl2N5O. The fourth-order valence-electron chi connectivity index (χ4n) is 1.70. The molecule has 1 aliphatic rings. The number of rotatable bonds is 2. The second kappa shape index (κ2) is 5.38. The number of ether oxygens (including phenoxy) is 1. The van der Waals surface area contributed by atoms with Crippen LogP contribution in [0.15, 0.2) is 29.5 Å². The quantitative estimate of drug-likeness (QED) is 0.895. The highest BCUT2D eigenvalue weighted by Gasteiger charge is 2.17. The Morgan fingerprint density at radius 3 is 3.00 bits per heavy atom. The molecule has 100 valence electrons. The zero-order valence-corrected chi connectivity index (χ0v) is 11.5. The summed E-state index contributed by atoms with van der Waals surface area (Å²) < 4.78 is 5.30. The molecule has 1 aromatic carbocycles. The highest BCUT2D eigenvalue weighted by Crippen LogP contribution is 2.33. The van der Waals surface area contributed by atoms with E-state index in [0.29, 0.717) is 16.6 Å². The molecule has 2 aromatic rings. The van der Waals surface area contributed by atoms with Gasteiger partial charge in [0.05, 0.1) is 13.4 Å². The van der Waals surface area contributed by atoms with Crippen molar-refractivity contribution < 1.29 is 4.74 Å². The molecule has 0 saturated heterocycles. The van der Waals surface area contributed by atoms with Gasteiger partial charge in [0.25, 0.3) is 0 Å². The largest absolute Gasteiger partial charge is 0.494 e. The Bertz CT molecular complexity index is 613. The Balaban J connectivity index is 0.00000133. The first kappa shape index (κ1) is 13.5. The van der Waals surface area contributed by atoms with Crippen molar-refractivity contribution in [2.24, 2.45) is 4.99 Å². The first-order valence-corrected chi connectivity index (χ1v) is 5.63. The zero-order chi connectivity index (χ0) is 12.5. The molecule has 0 fully saturated rings. The van der Waals surface area contributed by atoms with Crippen LogP contribution in [-0.2, 0) is 0 Å². The van der Waals surface area contributed by atoms with Crippen molar-refractivity contribution in [3.63, 3.8) is 0 Å². The van der Waals surface area contributed by atoms with Crippen molar-refractivity contribution in [2.75, 3.05) is 17.5 Å². The Labute approximate surface area is 120 Å². The summed E-state index contributed by atoms with van der Waals surface area (Å²) >= 11 is 5.93. The van der Waals surface area contributed by atoms with E-state index < -0.39 is 0 Å². The van der Waals surface area contributed by atoms with Crippen molar-refractivity contribution >= 4 is 47.7 Å². The summed E-state index contributed by atoms with van der Waals surface area (Å²) in [5, 5.41) is 2.35. The van der Waals surface area contributed by atoms with E-state index in [0.717, 1.165) is 11.5 Å². The monoisotopic (exact) mass is 299 g/mol. The number of imidazole rings is 1. The maximum absolute atomic E-state index is 5.93. The Morgan fingerprint density at radius 1 is 1.37 bits per heavy atom. The van der Waals surface area contributed by atoms with Crippen molar-refractivity contribution in [3.05, 3.63) is 29.5 Å². The van der Waals surface area contributed by atoms with E-state index in [1.54, 1.807) is 36.9 Å². The van der Waals surface area contributed by atoms with E-state index >= 15 is 0 Å². The number of fused-ring (bicyclic) bond motifs is 1. The van der Waals surface area contributed by atoms with Crippen LogP contribution in [0.4, 0.5) is 17.3 Å². The average molecular weight is 300 g/mol. The smallest absolute Gasteiger partial charge is 0.198 e. The van der Waals surface area contributed by atoms with Crippen molar-refractivity contribution in [3.8, 4) is 5.75 Å². The molecule has 0 radical (unpaired) electrons. The van der Waals surface area contributed by atoms with Crippen molar-refractivity contribution in [1.29, 1.82) is 0 Å². The number of hydrogen-bond donors (Lipinski definition) is 2. The van der Waals surface area contributed by atoms with Gasteiger partial charge in [-0.05, 0) is 12.1 Å². The average Bonchev–Trinajstić information content (AvgIpc) is 2.85. The topological polar surface area (TPSA) is 65.5 Å². The van der Waals surface area contributed by atoms with Gasteiger partial charge < -0.3 is 9.72 Å². The minimum absolute atomic E-state index is 0. The van der Waals surface area contributed by atoms with Crippen LogP contribution in [0.25, 0.3) is 0 Å². The predicted octanol–water partition coefficient (Wildman–Crippen LogP) is 3.00. The second-order valence-electron chi connectivity index (χ2n) is 3.64. The number of anilines is 2. The van der Waals surface area contributed by atoms with Crippen molar-refractivity contribution in [2.45, 2.75) is 0 Å². The van der Waals surface area contributed by atoms with Gasteiger partial charge in [0, 0.05) is 11.1 Å². The van der Waals surface area contributed by atoms with Crippen LogP contribution < -0.4 is 15.2 Å². The second-order valence-corrected chi connectivity index (χ2v) is 4.08. The van der Waals surface area contributed by atoms with Crippen LogP contribution >= 0.6 is 24.0 Å². The number of benzene rings is 1. The molecule has 0 bridgehead atoms. The standard InChI is InChI=1S/C11H10ClN5O.ClH/c1-18-9-4-7(12)2-3-8(9)17-6-15-10-11(16-17)14-5-13-10;/h2-6,16H,1H3,(H,13,14);1H. The van der Waals surface area contributed by atoms with Crippen LogP contribution in [0, 0.1) is 0 Å². The SMILES string of the molecule is COc1cc(Cl)ccc1N1C=Nc2nc[nH]c2N1.Cl. The molecule has 2 N–H and O–H groups in total. The normalized spacial score (nSPS) is 12.4. The summed E-state index contributed by atoms with van der Waals surface area (Å²) in [6.45, 7) is 0. The lowest BCUT2D eigenvalue weighted by Gasteiger charge is -2.25. The van der Waals surface area contributed by atoms with E-state index in [9.17, 15) is 0 Å². The number of nitrogens with zero attached hydrogens (tertiary/aromatic N) is 3. The first-order valence-electron chi connectivity index (χ1n) is 5.25. The van der Waals surface area contributed by atoms with Gasteiger partial charge in [-0.1, -0.05) is 11.6 Å². The lowest BCUT2D eigenvalue weighted by molar-refractivity contribution is 0.416. The van der Waals surface area contributed by atoms with Crippen LogP contribution in [0.2, 0.25) is 5.02 Å². The molecule has 2 heterocycles. The molecule has 19 heavy (non-hydrogen) atoms. The molecule has 0 unspecified atom stereocenters. The third-order valence-electron chi connectivity index (χ3n) is 2.55. The van der Waals surface area contributed by atoms with Crippen molar-refractivity contribution in [1.82, 2.24) is 9.97 Å². The molecular weight excluding hydrogens is 289 g/mol. The molecule has 0 amide bonds. The molecule has 1 aliphatic heterocycles. The fraction of sp³-hybridized carbons (Fsp3) is 0.0909. The summed E-state index contributed by atoms with van der Waals surface area (Å²) in [5.74, 6) is 2.01. The van der Waals surface area contributed by atoms with Gasteiger partial charge in [-0.3, -0.25) is 5.43 Å². The van der Waals surface area contributed by atoms with E-state index in [1.165, 1.54) is 0 Å². The van der Waals surface area contributed by atoms with Crippen LogP contribution in [-0.4, -0.2) is 23.4 Å². The molecule has 8 heteroatoms. The van der Waals surface area contributed by atoms with Crippen LogP contribution in [0.5, 0.6) is 5.75 Å². The molecule has 1 aromatic heterocycles. The Hall–Kier alpha value is -1.92. The maximum atomic E-state index is 5.93. The summed E-state index contributed by atoms with van der Waals surface area (Å²) in [4.78, 5) is 11.2. The lowest BCUT2D eigenvalue weighted by Crippen LogP contribution is -2.30. The van der Waals surface area contributed by atoms with Gasteiger partial charge in [-0.25, -0.2) is 15.0 Å². The van der Waals surface area contributed by atoms with Gasteiger partial charge >= 0.3 is 0 Å². The van der Waals surface area contributed by atoms with Gasteiger partial charge in [0.15, 0.2) is 11.6 Å². The number of hydrazine groups is 1. The van der Waals surface area contributed by atoms with E-state index in [1.807, 2.05) is 6.07 Å². The van der Waals surface area contributed by atoms with Gasteiger partial charge in [-0.15, -0.1) is 12.4 Å². The minimum Gasteiger partial charge on any atom is -0.494 e. The van der Waals surface area contributed by atoms with E-state index in [-0.39, 0.29) is 12.4 Å². The summed E-state index contributed by atoms with van der Waals surface area (Å²) in [7, 11) is 1.60. The van der Waals surface area contributed by atoms with Gasteiger partial charge in [0.1, 0.15) is 17.8 Å². The summed E-state index contributed by atoms with van der Waals surface area (Å²) in [5.41, 5.74) is 3.94. The molecule has 0 aliphatic carbocycles. The third kappa shape index (κ3) is 2.45. The number of aromatic amines is 1. The van der Waals surface area contributed by atoms with Gasteiger partial charge in [-0.2, -0.15) is 0 Å². The molecule has 6 nitrogen and oxygen atoms in total. The number of hydrogen-bond acceptors (Lipinski definition) is 5. The molecule has 0 atom stereocenters. The molecule has 3 rings (SSSR count). The number of methoxy groups -OCH3 is 1. The first-order chi connectivity index (χ1) is 8.78. The third-order valence-corrected chi connectivity index (χ3v) is 2.78. The number of nitrogens with one attached hydrogen (secondary N) is 2. The summed E-state index contributed by atoms with van der Waals surface area (Å²) in [6, 6.07) is 5.38. The zero-order valence-electron chi connectivity index (χ0n) is 9.92. The Kier molecular flexibility index (Phi) is 3.82. The van der Waals surface area contributed by atoms with Crippen LogP contribution in [0.1, 0.15) is 0 Å². The predicted molar refractivity (Wildman–Crippen MR) is 78.1 cm³/mol. The fourth-order valence-corrected chi connectivity index (χ4v) is 1.86. The highest BCUT2D eigenvalue weighted by atomic mass is 35.5. The lowest BCUT2D eigenvalue weighted by atomic mass is 10.3. The number of aromatic nitrogens is 2. The van der Waals surface area contributed by atoms with E-state index in [2.05, 4.69) is 20.4 Å². The minimum atomic E-state index is 0. The summed E-state index contributed by atoms with van der Waals surface area (Å²) in [6.07, 6.45) is 3.21. The number of halogens is 2.